The average Bonchev–Trinajstić information content (AvgIpc) is 2.47. The van der Waals surface area contributed by atoms with Gasteiger partial charge in [-0.2, -0.15) is 0 Å². The number of ether oxygens (including phenoxy) is 1. The van der Waals surface area contributed by atoms with Gasteiger partial charge >= 0.3 is 0 Å². The molecule has 112 valence electrons. The minimum Gasteiger partial charge on any atom is -0.495 e. The van der Waals surface area contributed by atoms with Gasteiger partial charge in [0.25, 0.3) is 0 Å². The summed E-state index contributed by atoms with van der Waals surface area (Å²) in [6.45, 7) is 0. The summed E-state index contributed by atoms with van der Waals surface area (Å²) in [7, 11) is -4.88. The molecule has 0 amide bonds. The summed E-state index contributed by atoms with van der Waals surface area (Å²) in [4.78, 5) is 0.145. The smallest absolute Gasteiger partial charge is 0.184 e. The molecule has 1 aromatic carbocycles. The Morgan fingerprint density at radius 1 is 1.15 bits per heavy atom. The summed E-state index contributed by atoms with van der Waals surface area (Å²) >= 11 is 0. The van der Waals surface area contributed by atoms with Crippen LogP contribution in [0, 0.1) is 0 Å². The van der Waals surface area contributed by atoms with Crippen LogP contribution in [0.2, 0.25) is 0 Å². The number of thiol groups is 1. The largest absolute Gasteiger partial charge is 0.495 e. The van der Waals surface area contributed by atoms with E-state index in [1.807, 2.05) is 0 Å². The molecule has 20 heavy (non-hydrogen) atoms. The van der Waals surface area contributed by atoms with Crippen molar-refractivity contribution in [3.63, 3.8) is 0 Å². The first-order valence-electron chi connectivity index (χ1n) is 6.53. The number of hydrogen-bond donors (Lipinski definition) is 1. The zero-order chi connectivity index (χ0) is 14.8. The van der Waals surface area contributed by atoms with Crippen molar-refractivity contribution in [2.24, 2.45) is 0 Å². The molecule has 1 aliphatic carbocycles. The standard InChI is InChI=1S/C13H18O5S2/c1-18-12-9-10(19(14)15)7-8-13(12)20(16,17)11-5-3-2-4-6-11/h7-9,11,19H,2-6H2,1H3. The van der Waals surface area contributed by atoms with Gasteiger partial charge in [0.2, 0.25) is 0 Å². The lowest BCUT2D eigenvalue weighted by Crippen LogP contribution is -2.24. The Hall–Kier alpha value is -1.08. The molecule has 0 saturated heterocycles. The minimum atomic E-state index is -3.47. The second-order valence-corrected chi connectivity index (χ2v) is 8.12. The Kier molecular flexibility index (Phi) is 4.70. The van der Waals surface area contributed by atoms with E-state index in [1.165, 1.54) is 25.3 Å². The fourth-order valence-electron chi connectivity index (χ4n) is 2.56. The van der Waals surface area contributed by atoms with Crippen LogP contribution in [0.5, 0.6) is 5.75 Å². The van der Waals surface area contributed by atoms with Crippen molar-refractivity contribution in [3.05, 3.63) is 18.2 Å². The lowest BCUT2D eigenvalue weighted by atomic mass is 10.0. The van der Waals surface area contributed by atoms with Crippen molar-refractivity contribution in [3.8, 4) is 5.75 Å². The van der Waals surface area contributed by atoms with E-state index in [2.05, 4.69) is 0 Å². The van der Waals surface area contributed by atoms with Crippen molar-refractivity contribution in [2.45, 2.75) is 47.1 Å². The Balaban J connectivity index is 2.45. The normalized spacial score (nSPS) is 17.3. The average molecular weight is 318 g/mol. The van der Waals surface area contributed by atoms with Gasteiger partial charge in [0.15, 0.2) is 20.5 Å². The van der Waals surface area contributed by atoms with E-state index in [0.717, 1.165) is 19.3 Å². The maximum absolute atomic E-state index is 12.6. The van der Waals surface area contributed by atoms with E-state index >= 15 is 0 Å². The molecular weight excluding hydrogens is 300 g/mol. The molecule has 1 fully saturated rings. The third-order valence-electron chi connectivity index (χ3n) is 3.66. The maximum Gasteiger partial charge on any atom is 0.184 e. The molecule has 0 radical (unpaired) electrons. The predicted molar refractivity (Wildman–Crippen MR) is 75.6 cm³/mol. The molecule has 7 heteroatoms. The van der Waals surface area contributed by atoms with Crippen LogP contribution in [0.3, 0.4) is 0 Å². The first-order valence-corrected chi connectivity index (χ1v) is 9.25. The van der Waals surface area contributed by atoms with Crippen molar-refractivity contribution in [1.29, 1.82) is 0 Å². The molecule has 5 nitrogen and oxygen atoms in total. The number of sulfone groups is 1. The van der Waals surface area contributed by atoms with E-state index in [1.54, 1.807) is 0 Å². The highest BCUT2D eigenvalue weighted by Crippen LogP contribution is 2.33. The second-order valence-electron chi connectivity index (χ2n) is 4.90. The van der Waals surface area contributed by atoms with E-state index in [-0.39, 0.29) is 15.5 Å². The Morgan fingerprint density at radius 2 is 1.80 bits per heavy atom. The van der Waals surface area contributed by atoms with Crippen LogP contribution >= 0.6 is 0 Å². The molecule has 0 aromatic heterocycles. The molecule has 0 spiro atoms. The van der Waals surface area contributed by atoms with Crippen molar-refractivity contribution < 1.29 is 21.6 Å². The SMILES string of the molecule is COc1cc([SH](=O)=O)ccc1S(=O)(=O)C1CCCCC1. The third kappa shape index (κ3) is 2.98. The van der Waals surface area contributed by atoms with E-state index in [9.17, 15) is 16.8 Å². The summed E-state index contributed by atoms with van der Waals surface area (Å²) in [6.07, 6.45) is 4.21. The minimum absolute atomic E-state index is 0.0550. The summed E-state index contributed by atoms with van der Waals surface area (Å²) < 4.78 is 52.2. The summed E-state index contributed by atoms with van der Waals surface area (Å²) in [5, 5.41) is -0.392. The molecule has 1 saturated carbocycles. The van der Waals surface area contributed by atoms with Crippen LogP contribution in [-0.2, 0) is 20.5 Å². The van der Waals surface area contributed by atoms with Gasteiger partial charge in [0.05, 0.1) is 17.3 Å². The molecule has 0 unspecified atom stereocenters. The second kappa shape index (κ2) is 6.13. The van der Waals surface area contributed by atoms with E-state index in [0.29, 0.717) is 12.8 Å². The highest BCUT2D eigenvalue weighted by Gasteiger charge is 2.31. The van der Waals surface area contributed by atoms with Gasteiger partial charge in [-0.25, -0.2) is 16.8 Å². The van der Waals surface area contributed by atoms with Crippen LogP contribution < -0.4 is 4.74 Å². The maximum atomic E-state index is 12.6. The summed E-state index contributed by atoms with van der Waals surface area (Å²) in [6, 6.07) is 3.91. The lowest BCUT2D eigenvalue weighted by molar-refractivity contribution is 0.399. The number of rotatable bonds is 4. The van der Waals surface area contributed by atoms with Gasteiger partial charge in [0.1, 0.15) is 10.6 Å². The molecule has 0 atom stereocenters. The van der Waals surface area contributed by atoms with Gasteiger partial charge < -0.3 is 4.74 Å². The van der Waals surface area contributed by atoms with Crippen molar-refractivity contribution in [2.75, 3.05) is 7.11 Å². The van der Waals surface area contributed by atoms with Gasteiger partial charge in [-0.1, -0.05) is 19.3 Å². The van der Waals surface area contributed by atoms with Crippen LogP contribution in [0.15, 0.2) is 28.0 Å². The lowest BCUT2D eigenvalue weighted by Gasteiger charge is -2.22. The van der Waals surface area contributed by atoms with Crippen LogP contribution in [0.1, 0.15) is 32.1 Å². The first kappa shape index (κ1) is 15.3. The monoisotopic (exact) mass is 318 g/mol. The highest BCUT2D eigenvalue weighted by molar-refractivity contribution is 7.92. The number of hydrogen-bond acceptors (Lipinski definition) is 5. The number of methoxy groups -OCH3 is 1. The highest BCUT2D eigenvalue weighted by atomic mass is 32.2. The molecule has 1 aromatic rings. The Bertz CT molecular complexity index is 647. The van der Waals surface area contributed by atoms with Crippen LogP contribution in [-0.4, -0.2) is 29.2 Å². The summed E-state index contributed by atoms with van der Waals surface area (Å²) in [5.74, 6) is 0.104. The molecule has 1 aliphatic rings. The third-order valence-corrected chi connectivity index (χ3v) is 6.65. The zero-order valence-electron chi connectivity index (χ0n) is 11.2. The predicted octanol–water partition coefficient (Wildman–Crippen LogP) is 1.77. The first-order chi connectivity index (χ1) is 9.46. The van der Waals surface area contributed by atoms with E-state index < -0.39 is 25.8 Å². The molecule has 0 N–H and O–H groups in total. The van der Waals surface area contributed by atoms with E-state index in [4.69, 9.17) is 4.74 Å². The molecular formula is C13H18O5S2. The van der Waals surface area contributed by atoms with Crippen molar-refractivity contribution in [1.82, 2.24) is 0 Å². The van der Waals surface area contributed by atoms with Gasteiger partial charge in [-0.05, 0) is 31.0 Å². The fraction of sp³-hybridized carbons (Fsp3) is 0.538. The molecule has 0 bridgehead atoms. The summed E-state index contributed by atoms with van der Waals surface area (Å²) in [5.41, 5.74) is 0. The topological polar surface area (TPSA) is 77.5 Å². The van der Waals surface area contributed by atoms with Crippen LogP contribution in [0.25, 0.3) is 0 Å². The van der Waals surface area contributed by atoms with Gasteiger partial charge in [0, 0.05) is 0 Å². The fourth-order valence-corrected chi connectivity index (χ4v) is 4.97. The molecule has 0 heterocycles. The quantitative estimate of drug-likeness (QED) is 0.856. The Labute approximate surface area is 120 Å². The van der Waals surface area contributed by atoms with Crippen molar-refractivity contribution >= 4 is 20.5 Å². The zero-order valence-corrected chi connectivity index (χ0v) is 13.0. The Morgan fingerprint density at radius 3 is 2.35 bits per heavy atom. The van der Waals surface area contributed by atoms with Gasteiger partial charge in [-0.15, -0.1) is 0 Å². The molecule has 2 rings (SSSR count). The van der Waals surface area contributed by atoms with Gasteiger partial charge in [-0.3, -0.25) is 0 Å². The van der Waals surface area contributed by atoms with Crippen LogP contribution in [0.4, 0.5) is 0 Å². The number of benzene rings is 1. The molecule has 0 aliphatic heterocycles.